The zero-order chi connectivity index (χ0) is 62.1. The maximum Gasteiger partial charge on any atom is 0.327 e. The normalized spacial score (nSPS) is 14.6. The fourth-order valence-electron chi connectivity index (χ4n) is 9.50. The molecule has 0 aliphatic carbocycles. The Morgan fingerprint density at radius 3 is 1.19 bits per heavy atom. The van der Waals surface area contributed by atoms with Crippen LogP contribution in [0.5, 0.6) is 0 Å². The van der Waals surface area contributed by atoms with E-state index in [-0.39, 0.29) is 50.8 Å². The van der Waals surface area contributed by atoms with Gasteiger partial charge in [0.15, 0.2) is 0 Å². The number of aromatic amines is 1. The van der Waals surface area contributed by atoms with E-state index in [2.05, 4.69) is 60.1 Å². The molecule has 22 nitrogen and oxygen atoms in total. The number of amides is 8. The van der Waals surface area contributed by atoms with E-state index < -0.39 is 114 Å². The third-order valence-corrected chi connectivity index (χ3v) is 14.6. The average Bonchev–Trinajstić information content (AvgIpc) is 3.89. The number of aliphatic carboxylic acids is 1. The van der Waals surface area contributed by atoms with Gasteiger partial charge in [-0.25, -0.2) is 4.79 Å². The maximum atomic E-state index is 15.0. The van der Waals surface area contributed by atoms with Crippen LogP contribution in [0.15, 0.2) is 152 Å². The number of aromatic nitrogens is 1. The SMILES string of the molecule is C[C@H](N)C(=O)N[C@@H](Cc1ccccc1)C(=O)N[C@@H](Cc1ccccc1)C(=O)N[C@H](Cc1c[nH]c2ccccc12)C(=O)N[C@@H](CCCCN)C(=O)N[C@H](C(=O)N[C@@H](Cc1ccccc1)C(=O)N[C@@H](Cc1ccccc1)C(=O)N[C@@H](CS)C(=O)O)[C@@H](C)O. The van der Waals surface area contributed by atoms with Crippen molar-refractivity contribution in [1.82, 2.24) is 47.5 Å². The number of hydrogen-bond donors (Lipinski definition) is 14. The van der Waals surface area contributed by atoms with Gasteiger partial charge in [0.05, 0.1) is 12.1 Å². The number of fused-ring (bicyclic) bond motifs is 1. The van der Waals surface area contributed by atoms with Crippen LogP contribution in [0.4, 0.5) is 0 Å². The number of rotatable bonds is 33. The molecule has 0 spiro atoms. The Morgan fingerprint density at radius 2 is 0.802 bits per heavy atom. The third kappa shape index (κ3) is 20.4. The summed E-state index contributed by atoms with van der Waals surface area (Å²) in [6.07, 6.45) is 0.439. The summed E-state index contributed by atoms with van der Waals surface area (Å²) in [7, 11) is 0. The largest absolute Gasteiger partial charge is 0.480 e. The van der Waals surface area contributed by atoms with Crippen LogP contribution < -0.4 is 54.0 Å². The molecule has 86 heavy (non-hydrogen) atoms. The molecule has 0 saturated heterocycles. The second kappa shape index (κ2) is 33.6. The Kier molecular flexibility index (Phi) is 25.8. The number of aliphatic hydroxyl groups excluding tert-OH is 1. The summed E-state index contributed by atoms with van der Waals surface area (Å²) in [5.41, 5.74) is 15.7. The summed E-state index contributed by atoms with van der Waals surface area (Å²) in [6.45, 7) is 2.94. The number of H-pyrrole nitrogens is 1. The molecule has 10 atom stereocenters. The molecule has 456 valence electrons. The van der Waals surface area contributed by atoms with Crippen LogP contribution in [0.3, 0.4) is 0 Å². The number of hydrogen-bond acceptors (Lipinski definition) is 13. The van der Waals surface area contributed by atoms with Gasteiger partial charge in [0, 0.05) is 55.0 Å². The highest BCUT2D eigenvalue weighted by Crippen LogP contribution is 2.20. The zero-order valence-electron chi connectivity index (χ0n) is 47.9. The molecule has 0 saturated carbocycles. The van der Waals surface area contributed by atoms with E-state index in [9.17, 15) is 53.4 Å². The molecule has 23 heteroatoms. The van der Waals surface area contributed by atoms with Gasteiger partial charge < -0.3 is 69.2 Å². The predicted octanol–water partition coefficient (Wildman–Crippen LogP) is 1.43. The molecule has 15 N–H and O–H groups in total. The molecule has 8 amide bonds. The molecular formula is C63H77N11O11S. The van der Waals surface area contributed by atoms with Gasteiger partial charge in [-0.1, -0.05) is 140 Å². The second-order valence-corrected chi connectivity index (χ2v) is 21.4. The van der Waals surface area contributed by atoms with E-state index in [0.29, 0.717) is 40.7 Å². The number of unbranched alkanes of at least 4 members (excludes halogenated alkanes) is 1. The molecule has 0 radical (unpaired) electrons. The van der Waals surface area contributed by atoms with Crippen molar-refractivity contribution >= 4 is 76.8 Å². The molecule has 1 heterocycles. The Bertz CT molecular complexity index is 3210. The summed E-state index contributed by atoms with van der Waals surface area (Å²) >= 11 is 4.06. The smallest absolute Gasteiger partial charge is 0.327 e. The van der Waals surface area contributed by atoms with Crippen LogP contribution in [-0.2, 0) is 75.3 Å². The Morgan fingerprint density at radius 1 is 0.453 bits per heavy atom. The molecule has 0 unspecified atom stereocenters. The van der Waals surface area contributed by atoms with E-state index in [4.69, 9.17) is 11.5 Å². The number of benzene rings is 5. The van der Waals surface area contributed by atoms with Crippen LogP contribution in [0, 0.1) is 0 Å². The molecule has 0 aliphatic rings. The number of nitrogens with two attached hydrogens (primary N) is 2. The summed E-state index contributed by atoms with van der Waals surface area (Å²) < 4.78 is 0. The van der Waals surface area contributed by atoms with Crippen LogP contribution in [0.25, 0.3) is 10.9 Å². The number of carboxylic acid groups (broad SMARTS) is 1. The number of nitrogens with one attached hydrogen (secondary N) is 9. The maximum absolute atomic E-state index is 15.0. The highest BCUT2D eigenvalue weighted by molar-refractivity contribution is 7.80. The topological polar surface area (TPSA) is 358 Å². The van der Waals surface area contributed by atoms with Gasteiger partial charge in [0.2, 0.25) is 47.3 Å². The summed E-state index contributed by atoms with van der Waals surface area (Å²) in [6, 6.07) is 30.1. The van der Waals surface area contributed by atoms with Gasteiger partial charge in [-0.15, -0.1) is 0 Å². The fourth-order valence-corrected chi connectivity index (χ4v) is 9.75. The van der Waals surface area contributed by atoms with Gasteiger partial charge in [-0.05, 0) is 73.5 Å². The summed E-state index contributed by atoms with van der Waals surface area (Å²) in [5.74, 6) is -8.13. The van der Waals surface area contributed by atoms with E-state index in [1.54, 1.807) is 128 Å². The number of aliphatic hydroxyl groups is 1. The average molecular weight is 1200 g/mol. The molecule has 5 aromatic carbocycles. The molecule has 0 bridgehead atoms. The minimum absolute atomic E-state index is 0.0286. The van der Waals surface area contributed by atoms with Crippen LogP contribution in [-0.4, -0.2) is 141 Å². The van der Waals surface area contributed by atoms with Crippen molar-refractivity contribution in [3.63, 3.8) is 0 Å². The van der Waals surface area contributed by atoms with Crippen LogP contribution in [0.1, 0.15) is 60.9 Å². The lowest BCUT2D eigenvalue weighted by Gasteiger charge is -2.29. The quantitative estimate of drug-likeness (QED) is 0.0205. The number of carboxylic acids is 1. The summed E-state index contributed by atoms with van der Waals surface area (Å²) in [4.78, 5) is 130. The Labute approximate surface area is 504 Å². The molecule has 6 rings (SSSR count). The van der Waals surface area contributed by atoms with Gasteiger partial charge >= 0.3 is 5.97 Å². The summed E-state index contributed by atoms with van der Waals surface area (Å²) in [5, 5.41) is 43.1. The highest BCUT2D eigenvalue weighted by Gasteiger charge is 2.37. The third-order valence-electron chi connectivity index (χ3n) is 14.2. The molecule has 1 aromatic heterocycles. The van der Waals surface area contributed by atoms with Crippen molar-refractivity contribution in [1.29, 1.82) is 0 Å². The van der Waals surface area contributed by atoms with E-state index in [0.717, 1.165) is 10.9 Å². The number of carbonyl (C=O) groups is 9. The van der Waals surface area contributed by atoms with E-state index in [1.165, 1.54) is 13.8 Å². The number of thiol groups is 1. The predicted molar refractivity (Wildman–Crippen MR) is 328 cm³/mol. The first-order chi connectivity index (χ1) is 41.3. The first-order valence-electron chi connectivity index (χ1n) is 28.4. The molecule has 0 aliphatic heterocycles. The number of carbonyl (C=O) groups excluding carboxylic acids is 8. The lowest BCUT2D eigenvalue weighted by Crippen LogP contribution is -2.62. The fraction of sp³-hybridized carbons (Fsp3) is 0.349. The van der Waals surface area contributed by atoms with Gasteiger partial charge in [-0.2, -0.15) is 12.6 Å². The first kappa shape index (κ1) is 66.2. The zero-order valence-corrected chi connectivity index (χ0v) is 48.8. The Hall–Kier alpha value is -8.90. The highest BCUT2D eigenvalue weighted by atomic mass is 32.1. The van der Waals surface area contributed by atoms with Crippen molar-refractivity contribution in [2.45, 2.75) is 126 Å². The van der Waals surface area contributed by atoms with Crippen molar-refractivity contribution < 1.29 is 53.4 Å². The Balaban J connectivity index is 1.28. The van der Waals surface area contributed by atoms with E-state index >= 15 is 0 Å². The van der Waals surface area contributed by atoms with Crippen molar-refractivity contribution in [2.24, 2.45) is 11.5 Å². The van der Waals surface area contributed by atoms with E-state index in [1.807, 2.05) is 24.3 Å². The minimum atomic E-state index is -1.75. The monoisotopic (exact) mass is 1200 g/mol. The lowest BCUT2D eigenvalue weighted by atomic mass is 10.00. The first-order valence-corrected chi connectivity index (χ1v) is 29.1. The van der Waals surface area contributed by atoms with Gasteiger partial charge in [-0.3, -0.25) is 38.4 Å². The van der Waals surface area contributed by atoms with Gasteiger partial charge in [0.1, 0.15) is 48.3 Å². The second-order valence-electron chi connectivity index (χ2n) is 21.1. The van der Waals surface area contributed by atoms with Crippen molar-refractivity contribution in [3.05, 3.63) is 180 Å². The molecular weight excluding hydrogens is 1120 g/mol. The minimum Gasteiger partial charge on any atom is -0.480 e. The van der Waals surface area contributed by atoms with Crippen molar-refractivity contribution in [2.75, 3.05) is 12.3 Å². The van der Waals surface area contributed by atoms with Gasteiger partial charge in [0.25, 0.3) is 0 Å². The van der Waals surface area contributed by atoms with Crippen molar-refractivity contribution in [3.8, 4) is 0 Å². The molecule has 0 fully saturated rings. The number of para-hydroxylation sites is 1. The standard InChI is InChI=1S/C63H77N11O11S/c1-38(65)55(76)68-48(31-40-19-7-3-8-20-40)57(78)69-49(32-41-21-9-4-10-22-41)58(79)71-52(35-44-36-66-46-28-16-15-27-45(44)46)61(82)67-47(29-17-18-30-64)56(77)74-54(39(2)75)62(83)72-51(34-43-25-13-6-14-26-43)59(80)70-50(33-42-23-11-5-12-24-42)60(81)73-53(37-86)63(84)85/h3-16,19-28,36,38-39,47-54,66,75,86H,17-18,29-35,37,64-65H2,1-2H3,(H,67,82)(H,68,76)(H,69,78)(H,70,80)(H,71,79)(H,72,83)(H,73,81)(H,74,77)(H,84,85)/t38-,39+,47-,48-,49-,50-,51-,52+,53-,54-/m0/s1. The molecule has 6 aromatic rings. The lowest BCUT2D eigenvalue weighted by molar-refractivity contribution is -0.141. The van der Waals surface area contributed by atoms with Crippen LogP contribution in [0.2, 0.25) is 0 Å². The van der Waals surface area contributed by atoms with Crippen LogP contribution >= 0.6 is 12.6 Å².